The van der Waals surface area contributed by atoms with E-state index in [2.05, 4.69) is 52.7 Å². The summed E-state index contributed by atoms with van der Waals surface area (Å²) in [6.45, 7) is 6.14. The molecule has 2 atom stereocenters. The molecule has 30 heavy (non-hydrogen) atoms. The molecule has 1 aromatic rings. The maximum Gasteiger partial charge on any atom is 0.191 e. The van der Waals surface area contributed by atoms with Crippen LogP contribution in [-0.2, 0) is 7.05 Å². The molecule has 0 spiro atoms. The van der Waals surface area contributed by atoms with Crippen LogP contribution < -0.4 is 10.6 Å². The van der Waals surface area contributed by atoms with E-state index < -0.39 is 0 Å². The molecule has 1 saturated carbocycles. The molecule has 2 unspecified atom stereocenters. The van der Waals surface area contributed by atoms with E-state index in [0.717, 1.165) is 25.1 Å². The van der Waals surface area contributed by atoms with Crippen molar-refractivity contribution in [2.45, 2.75) is 70.0 Å². The summed E-state index contributed by atoms with van der Waals surface area (Å²) in [5, 5.41) is 11.5. The topological polar surface area (TPSA) is 60.7 Å². The Morgan fingerprint density at radius 1 is 1.23 bits per heavy atom. The van der Waals surface area contributed by atoms with E-state index in [1.807, 2.05) is 17.9 Å². The molecule has 0 amide bonds. The first-order valence-corrected chi connectivity index (χ1v) is 11.5. The number of halogens is 1. The minimum atomic E-state index is 0. The highest BCUT2D eigenvalue weighted by Crippen LogP contribution is 2.25. The second-order valence-electron chi connectivity index (χ2n) is 8.92. The van der Waals surface area contributed by atoms with Gasteiger partial charge in [-0.1, -0.05) is 19.3 Å². The first-order valence-electron chi connectivity index (χ1n) is 11.5. The minimum Gasteiger partial charge on any atom is -0.357 e. The summed E-state index contributed by atoms with van der Waals surface area (Å²) in [6, 6.07) is 1.51. The zero-order valence-corrected chi connectivity index (χ0v) is 21.6. The fraction of sp³-hybridized carbons (Fsp3) is 0.818. The van der Waals surface area contributed by atoms with Crippen molar-refractivity contribution in [2.75, 3.05) is 40.3 Å². The number of guanidine groups is 1. The molecule has 0 bridgehead atoms. The summed E-state index contributed by atoms with van der Waals surface area (Å²) in [4.78, 5) is 9.91. The van der Waals surface area contributed by atoms with Gasteiger partial charge in [0.2, 0.25) is 0 Å². The quantitative estimate of drug-likeness (QED) is 0.322. The van der Waals surface area contributed by atoms with E-state index in [4.69, 9.17) is 4.99 Å². The molecule has 2 fully saturated rings. The maximum absolute atomic E-state index is 4.95. The van der Waals surface area contributed by atoms with Gasteiger partial charge in [0.15, 0.2) is 5.96 Å². The second-order valence-corrected chi connectivity index (χ2v) is 8.92. The van der Waals surface area contributed by atoms with Crippen molar-refractivity contribution in [1.82, 2.24) is 30.2 Å². The van der Waals surface area contributed by atoms with Crippen molar-refractivity contribution in [3.8, 4) is 0 Å². The minimum absolute atomic E-state index is 0. The van der Waals surface area contributed by atoms with E-state index in [9.17, 15) is 0 Å². The van der Waals surface area contributed by atoms with Gasteiger partial charge in [-0.05, 0) is 53.2 Å². The summed E-state index contributed by atoms with van der Waals surface area (Å²) < 4.78 is 1.86. The lowest BCUT2D eigenvalue weighted by atomic mass is 9.92. The van der Waals surface area contributed by atoms with E-state index >= 15 is 0 Å². The van der Waals surface area contributed by atoms with Crippen molar-refractivity contribution >= 4 is 29.9 Å². The van der Waals surface area contributed by atoms with Gasteiger partial charge in [0, 0.05) is 44.0 Å². The maximum atomic E-state index is 4.95. The van der Waals surface area contributed by atoms with Gasteiger partial charge in [0.1, 0.15) is 0 Å². The molecule has 1 aliphatic heterocycles. The SMILES string of the molecule is CCNC(=NCC(c1cnn(C)c1)N(C)C)NC1CCCN(C2CCCCC2)C1.I. The van der Waals surface area contributed by atoms with Gasteiger partial charge in [-0.15, -0.1) is 24.0 Å². The largest absolute Gasteiger partial charge is 0.357 e. The number of aromatic nitrogens is 2. The molecule has 2 N–H and O–H groups in total. The van der Waals surface area contributed by atoms with Gasteiger partial charge in [-0.2, -0.15) is 5.10 Å². The normalized spacial score (nSPS) is 22.6. The molecule has 7 nitrogen and oxygen atoms in total. The predicted molar refractivity (Wildman–Crippen MR) is 136 cm³/mol. The number of rotatable bonds is 7. The number of aliphatic imine (C=N–C) groups is 1. The second kappa shape index (κ2) is 12.9. The predicted octanol–water partition coefficient (Wildman–Crippen LogP) is 2.99. The molecule has 2 aliphatic rings. The number of nitrogens with zero attached hydrogens (tertiary/aromatic N) is 5. The van der Waals surface area contributed by atoms with E-state index in [0.29, 0.717) is 12.6 Å². The Hall–Kier alpha value is -0.870. The lowest BCUT2D eigenvalue weighted by Crippen LogP contribution is -2.53. The molecule has 172 valence electrons. The van der Waals surface area contributed by atoms with Gasteiger partial charge < -0.3 is 15.5 Å². The van der Waals surface area contributed by atoms with Crippen LogP contribution in [0.1, 0.15) is 63.5 Å². The van der Waals surface area contributed by atoms with Crippen molar-refractivity contribution in [3.05, 3.63) is 18.0 Å². The Morgan fingerprint density at radius 3 is 2.63 bits per heavy atom. The van der Waals surface area contributed by atoms with Crippen molar-refractivity contribution in [3.63, 3.8) is 0 Å². The number of hydrogen-bond acceptors (Lipinski definition) is 4. The first kappa shape index (κ1) is 25.4. The van der Waals surface area contributed by atoms with Crippen molar-refractivity contribution in [1.29, 1.82) is 0 Å². The number of hydrogen-bond donors (Lipinski definition) is 2. The Bertz CT molecular complexity index is 639. The van der Waals surface area contributed by atoms with Crippen LogP contribution in [0, 0.1) is 0 Å². The standard InChI is InChI=1S/C22H41N7.HI/c1-5-23-22(24-15-21(27(2)3)18-14-25-28(4)16-18)26-19-10-9-13-29(17-19)20-11-7-6-8-12-20;/h14,16,19-21H,5-13,15,17H2,1-4H3,(H2,23,24,26);1H. The van der Waals surface area contributed by atoms with Gasteiger partial charge in [-0.25, -0.2) is 0 Å². The van der Waals surface area contributed by atoms with Crippen LogP contribution in [0.4, 0.5) is 0 Å². The molecule has 1 aliphatic carbocycles. The summed E-state index contributed by atoms with van der Waals surface area (Å²) in [7, 11) is 6.18. The molecule has 8 heteroatoms. The van der Waals surface area contributed by atoms with Crippen LogP contribution in [0.15, 0.2) is 17.4 Å². The molecule has 1 aromatic heterocycles. The average Bonchev–Trinajstić information content (AvgIpc) is 3.15. The average molecular weight is 532 g/mol. The number of likely N-dealkylation sites (tertiary alicyclic amines) is 1. The Labute approximate surface area is 200 Å². The Morgan fingerprint density at radius 2 is 2.00 bits per heavy atom. The number of likely N-dealkylation sites (N-methyl/N-ethyl adjacent to an activating group) is 1. The lowest BCUT2D eigenvalue weighted by molar-refractivity contribution is 0.115. The van der Waals surface area contributed by atoms with Gasteiger partial charge in [0.25, 0.3) is 0 Å². The monoisotopic (exact) mass is 531 g/mol. The smallest absolute Gasteiger partial charge is 0.191 e. The van der Waals surface area contributed by atoms with E-state index in [-0.39, 0.29) is 30.0 Å². The van der Waals surface area contributed by atoms with Crippen LogP contribution in [-0.4, -0.2) is 77.9 Å². The Kier molecular flexibility index (Phi) is 10.9. The highest BCUT2D eigenvalue weighted by Gasteiger charge is 2.27. The molecule has 2 heterocycles. The fourth-order valence-corrected chi connectivity index (χ4v) is 4.77. The van der Waals surface area contributed by atoms with Gasteiger partial charge in [-0.3, -0.25) is 14.6 Å². The van der Waals surface area contributed by atoms with E-state index in [1.165, 1.54) is 57.1 Å². The van der Waals surface area contributed by atoms with Crippen molar-refractivity contribution in [2.24, 2.45) is 12.0 Å². The third-order valence-corrected chi connectivity index (χ3v) is 6.38. The molecule has 0 aromatic carbocycles. The third kappa shape index (κ3) is 7.37. The molecule has 3 rings (SSSR count). The highest BCUT2D eigenvalue weighted by atomic mass is 127. The van der Waals surface area contributed by atoms with Crippen LogP contribution in [0.25, 0.3) is 0 Å². The fourth-order valence-electron chi connectivity index (χ4n) is 4.77. The molecular weight excluding hydrogens is 489 g/mol. The van der Waals surface area contributed by atoms with Gasteiger partial charge in [0.05, 0.1) is 18.8 Å². The van der Waals surface area contributed by atoms with Crippen LogP contribution in [0.3, 0.4) is 0 Å². The Balaban J connectivity index is 0.00000320. The van der Waals surface area contributed by atoms with Crippen molar-refractivity contribution < 1.29 is 0 Å². The van der Waals surface area contributed by atoms with Crippen LogP contribution in [0.5, 0.6) is 0 Å². The summed E-state index contributed by atoms with van der Waals surface area (Å²) in [6.07, 6.45) is 13.6. The number of nitrogens with one attached hydrogen (secondary N) is 2. The van der Waals surface area contributed by atoms with Crippen LogP contribution >= 0.6 is 24.0 Å². The van der Waals surface area contributed by atoms with E-state index in [1.54, 1.807) is 0 Å². The van der Waals surface area contributed by atoms with Crippen LogP contribution in [0.2, 0.25) is 0 Å². The number of aryl methyl sites for hydroxylation is 1. The first-order chi connectivity index (χ1) is 14.1. The molecule has 0 radical (unpaired) electrons. The summed E-state index contributed by atoms with van der Waals surface area (Å²) in [5.74, 6) is 0.943. The number of piperidine rings is 1. The van der Waals surface area contributed by atoms with Gasteiger partial charge >= 0.3 is 0 Å². The third-order valence-electron chi connectivity index (χ3n) is 6.38. The molecular formula is C22H42IN7. The highest BCUT2D eigenvalue weighted by molar-refractivity contribution is 14.0. The summed E-state index contributed by atoms with van der Waals surface area (Å²) in [5.41, 5.74) is 1.21. The lowest BCUT2D eigenvalue weighted by Gasteiger charge is -2.40. The summed E-state index contributed by atoms with van der Waals surface area (Å²) >= 11 is 0. The zero-order valence-electron chi connectivity index (χ0n) is 19.3. The molecule has 1 saturated heterocycles. The zero-order chi connectivity index (χ0) is 20.6.